The zero-order valence-electron chi connectivity index (χ0n) is 39.6. The van der Waals surface area contributed by atoms with Gasteiger partial charge in [-0.25, -0.2) is 0 Å². The molecule has 0 saturated carbocycles. The molecule has 0 spiro atoms. The zero-order chi connectivity index (χ0) is 48.5. The summed E-state index contributed by atoms with van der Waals surface area (Å²) in [5.74, 6) is -1.47. The number of rotatable bonds is 13. The first-order valence-electron chi connectivity index (χ1n) is 21.5. The van der Waals surface area contributed by atoms with E-state index in [1.165, 1.54) is 12.8 Å². The van der Waals surface area contributed by atoms with Crippen molar-refractivity contribution in [3.05, 3.63) is 100 Å². The van der Waals surface area contributed by atoms with Crippen LogP contribution in [0, 0.1) is 0 Å². The molecule has 0 bridgehead atoms. The van der Waals surface area contributed by atoms with E-state index in [1.54, 1.807) is 72.9 Å². The van der Waals surface area contributed by atoms with Gasteiger partial charge in [-0.15, -0.1) is 5.60 Å². The molecule has 0 aliphatic carbocycles. The van der Waals surface area contributed by atoms with Crippen molar-refractivity contribution in [2.24, 2.45) is 5.73 Å². The van der Waals surface area contributed by atoms with E-state index >= 15 is 0 Å². The largest absolute Gasteiger partial charge is 1.00 e. The van der Waals surface area contributed by atoms with Crippen LogP contribution >= 0.6 is 23.2 Å². The second-order valence-corrected chi connectivity index (χ2v) is 18.4. The van der Waals surface area contributed by atoms with Crippen LogP contribution in [0.4, 0.5) is 0 Å². The number of aliphatic hydroxyl groups is 2. The van der Waals surface area contributed by atoms with Gasteiger partial charge >= 0.3 is 51.4 Å². The number of amides is 3. The van der Waals surface area contributed by atoms with Crippen LogP contribution < -0.4 is 67.5 Å². The normalized spacial score (nSPS) is 14.4. The number of fused-ring (bicyclic) bond motifs is 3. The smallest absolute Gasteiger partial charge is 0.850 e. The number of benzene rings is 3. The van der Waals surface area contributed by atoms with Crippen molar-refractivity contribution in [2.45, 2.75) is 78.4 Å². The molecule has 2 unspecified atom stereocenters. The first kappa shape index (κ1) is 58.5. The average Bonchev–Trinajstić information content (AvgIpc) is 4.06. The molecule has 0 radical (unpaired) electrons. The van der Waals surface area contributed by atoms with E-state index in [2.05, 4.69) is 17.0 Å². The summed E-state index contributed by atoms with van der Waals surface area (Å²) in [6.45, 7) is 12.3. The Kier molecular flexibility index (Phi) is 22.7. The Morgan fingerprint density at radius 1 is 0.853 bits per heavy atom. The van der Waals surface area contributed by atoms with Crippen LogP contribution in [0.15, 0.2) is 73.4 Å². The summed E-state index contributed by atoms with van der Waals surface area (Å²) >= 11 is 12.3. The maximum atomic E-state index is 13.1. The number of nitrogens with one attached hydrogen (secondary N) is 1. The Bertz CT molecular complexity index is 2700. The molecular weight excluding hydrogens is 937 g/mol. The number of likely N-dealkylation sites (N-methyl/N-ethyl adjacent to an activating group) is 2. The number of carbonyl (C=O) groups is 3. The first-order chi connectivity index (χ1) is 31.1. The van der Waals surface area contributed by atoms with Gasteiger partial charge in [0.15, 0.2) is 0 Å². The molecule has 2 aliphatic rings. The summed E-state index contributed by atoms with van der Waals surface area (Å²) in [5, 5.41) is 45.5. The summed E-state index contributed by atoms with van der Waals surface area (Å²) in [5.41, 5.74) is 8.84. The van der Waals surface area contributed by atoms with Gasteiger partial charge in [-0.3, -0.25) is 29.1 Å². The first-order valence-corrected chi connectivity index (χ1v) is 22.3. The van der Waals surface area contributed by atoms with Crippen LogP contribution in [0.5, 0.6) is 0 Å². The number of nitrogens with zero attached hydrogens (tertiary/aromatic N) is 7. The van der Waals surface area contributed by atoms with Crippen molar-refractivity contribution in [1.82, 2.24) is 39.2 Å². The Labute approximate surface area is 451 Å². The van der Waals surface area contributed by atoms with Crippen molar-refractivity contribution < 1.29 is 85.8 Å². The fourth-order valence-electron chi connectivity index (χ4n) is 7.49. The predicted molar refractivity (Wildman–Crippen MR) is 266 cm³/mol. The van der Waals surface area contributed by atoms with Gasteiger partial charge in [0, 0.05) is 70.5 Å². The number of carbonyl (C=O) groups excluding carboxylic acids is 3. The number of imide groups is 1. The summed E-state index contributed by atoms with van der Waals surface area (Å²) in [6, 6.07) is 18.2. The third-order valence-corrected chi connectivity index (χ3v) is 10.4. The van der Waals surface area contributed by atoms with Gasteiger partial charge in [0.05, 0.1) is 65.1 Å². The van der Waals surface area contributed by atoms with Gasteiger partial charge in [0.25, 0.3) is 11.8 Å². The van der Waals surface area contributed by atoms with E-state index < -0.39 is 35.5 Å². The summed E-state index contributed by atoms with van der Waals surface area (Å²) in [6.07, 6.45) is 4.80. The minimum absolute atomic E-state index is 0. The molecule has 5 heterocycles. The molecule has 6 aromatic rings. The molecule has 68 heavy (non-hydrogen) atoms. The van der Waals surface area contributed by atoms with E-state index in [0.717, 1.165) is 35.0 Å². The topological polar surface area (TPSA) is 209 Å². The van der Waals surface area contributed by atoms with Gasteiger partial charge in [-0.05, 0) is 83.5 Å². The molecule has 8 rings (SSSR count). The molecule has 16 nitrogen and oxygen atoms in total. The maximum Gasteiger partial charge on any atom is 1.00 e. The molecule has 2 aliphatic heterocycles. The predicted octanol–water partition coefficient (Wildman–Crippen LogP) is 2.46. The third kappa shape index (κ3) is 16.1. The Morgan fingerprint density at radius 2 is 1.35 bits per heavy atom. The summed E-state index contributed by atoms with van der Waals surface area (Å²) in [4.78, 5) is 41.2. The number of primary amides is 1. The molecule has 1 saturated heterocycles. The fourth-order valence-corrected chi connectivity index (χ4v) is 7.83. The van der Waals surface area contributed by atoms with Crippen LogP contribution in [0.3, 0.4) is 0 Å². The van der Waals surface area contributed by atoms with Crippen LogP contribution in [0.1, 0.15) is 58.0 Å². The van der Waals surface area contributed by atoms with Crippen molar-refractivity contribution in [2.75, 3.05) is 54.5 Å². The third-order valence-electron chi connectivity index (χ3n) is 9.96. The number of nitrogens with two attached hydrogens (primary N) is 1. The second kappa shape index (κ2) is 26.4. The van der Waals surface area contributed by atoms with Gasteiger partial charge in [-0.2, -0.15) is 10.2 Å². The summed E-state index contributed by atoms with van der Waals surface area (Å²) < 4.78 is 10.1. The fraction of sp³-hybridized carbons (Fsp3) is 0.408. The van der Waals surface area contributed by atoms with Gasteiger partial charge < -0.3 is 40.2 Å². The number of aliphatic hydroxyl groups excluding tert-OH is 2. The van der Waals surface area contributed by atoms with Crippen LogP contribution in [0.25, 0.3) is 50.1 Å². The molecule has 3 aromatic heterocycles. The standard InChI is InChI=1S/C26H24ClN5O3.C14H19ClN4O2.C4H8O.C4H9O.CH4.K/c1-4-31-14-19(17-7-5-6-8-20(17)31)22-23(26(35)28-25(22)34)24-18-11-15(27)9-10-21(18)32(29-24)13-16(33)12-30(2)3;1-18(2)7-10(20)8-19-13-4-3-9(15)5-11(13)12(17-19)6-14(16)21;1-2-4-5-3-1;1-4(2,3)5;;/h4-11,14,16,33H,1,12-13H2,2-3H3,(H,28,34,35);3-5,10,20H,6-8H2,1-2H3,(H2,16,21);1-4H2;1-3H3;1H4;/q;;;-1;;+1. The minimum atomic E-state index is -0.750. The van der Waals surface area contributed by atoms with Crippen molar-refractivity contribution >= 4 is 91.0 Å². The second-order valence-electron chi connectivity index (χ2n) is 17.6. The number of hydrogen-bond acceptors (Lipinski definition) is 11. The Balaban J connectivity index is 0.000000314. The molecule has 2 atom stereocenters. The quantitative estimate of drug-likeness (QED) is 0.0977. The van der Waals surface area contributed by atoms with E-state index in [-0.39, 0.29) is 82.9 Å². The summed E-state index contributed by atoms with van der Waals surface area (Å²) in [7, 11) is 7.53. The van der Waals surface area contributed by atoms with Gasteiger partial charge in [-0.1, -0.05) is 76.2 Å². The van der Waals surface area contributed by atoms with E-state index in [0.29, 0.717) is 57.5 Å². The maximum absolute atomic E-state index is 13.1. The number of aromatic nitrogens is 5. The Hall–Kier alpha value is -3.79. The molecule has 19 heteroatoms. The minimum Gasteiger partial charge on any atom is -0.850 e. The molecule has 3 amide bonds. The van der Waals surface area contributed by atoms with Crippen LogP contribution in [-0.2, 0) is 38.6 Å². The van der Waals surface area contributed by atoms with E-state index in [4.69, 9.17) is 38.8 Å². The number of ether oxygens (including phenoxy) is 1. The SMILES string of the molecule is C.C1CCOC1.C=Cn1cc(C2=C(c3nn(CC(O)CN(C)C)c4ccc(Cl)cc34)C(=O)NC2=O)c2ccccc21.CC(C)(C)[O-].CN(C)CC(O)Cn1nc(CC(N)=O)c2cc(Cl)ccc21.[K+]. The zero-order valence-corrected chi connectivity index (χ0v) is 44.2. The Morgan fingerprint density at radius 3 is 1.85 bits per heavy atom. The molecule has 3 aromatic carbocycles. The van der Waals surface area contributed by atoms with Gasteiger partial charge in [0.1, 0.15) is 5.69 Å². The molecule has 1 fully saturated rings. The van der Waals surface area contributed by atoms with Crippen molar-refractivity contribution in [3.8, 4) is 0 Å². The number of para-hydroxylation sites is 1. The average molecular weight is 1000 g/mol. The van der Waals surface area contributed by atoms with E-state index in [9.17, 15) is 29.7 Å². The van der Waals surface area contributed by atoms with Crippen LogP contribution in [-0.4, -0.2) is 134 Å². The molecular formula is C49H64Cl2KN9O7. The van der Waals surface area contributed by atoms with Crippen molar-refractivity contribution in [3.63, 3.8) is 0 Å². The number of halogens is 2. The van der Waals surface area contributed by atoms with Crippen molar-refractivity contribution in [1.29, 1.82) is 0 Å². The number of hydrogen-bond donors (Lipinski definition) is 4. The van der Waals surface area contributed by atoms with Gasteiger partial charge in [0.2, 0.25) is 5.91 Å². The molecule has 362 valence electrons. The van der Waals surface area contributed by atoms with Crippen LogP contribution in [0.2, 0.25) is 10.0 Å². The monoisotopic (exact) mass is 999 g/mol. The van der Waals surface area contributed by atoms with E-state index in [1.807, 2.05) is 72.9 Å². The molecule has 5 N–H and O–H groups in total.